The number of halogens is 1. The molecule has 0 aliphatic rings. The number of thioether (sulfide) groups is 1. The van der Waals surface area contributed by atoms with E-state index in [2.05, 4.69) is 22.4 Å². The van der Waals surface area contributed by atoms with Gasteiger partial charge in [0, 0.05) is 29.2 Å². The molecule has 19 heavy (non-hydrogen) atoms. The van der Waals surface area contributed by atoms with Gasteiger partial charge in [-0.15, -0.1) is 11.3 Å². The highest BCUT2D eigenvalue weighted by molar-refractivity contribution is 8.22. The minimum atomic E-state index is 0.765. The molecule has 1 aromatic heterocycles. The van der Waals surface area contributed by atoms with Crippen LogP contribution in [0.25, 0.3) is 0 Å². The summed E-state index contributed by atoms with van der Waals surface area (Å²) in [7, 11) is 2.03. The largest absolute Gasteiger partial charge is 0.356 e. The van der Waals surface area contributed by atoms with E-state index in [1.165, 1.54) is 10.4 Å². The topological polar surface area (TPSA) is 3.24 Å². The maximum Gasteiger partial charge on any atom is 0.136 e. The number of hydrogen-bond donors (Lipinski definition) is 0. The van der Waals surface area contributed by atoms with Crippen molar-refractivity contribution in [3.63, 3.8) is 0 Å². The average molecular weight is 328 g/mol. The van der Waals surface area contributed by atoms with Gasteiger partial charge >= 0.3 is 0 Å². The maximum atomic E-state index is 5.88. The van der Waals surface area contributed by atoms with Crippen LogP contribution < -0.4 is 0 Å². The Kier molecular flexibility index (Phi) is 5.70. The fraction of sp³-hybridized carbons (Fsp3) is 0.214. The first-order valence-electron chi connectivity index (χ1n) is 5.80. The number of rotatable bonds is 4. The third kappa shape index (κ3) is 4.80. The third-order valence-electron chi connectivity index (χ3n) is 2.56. The Balaban J connectivity index is 1.83. The van der Waals surface area contributed by atoms with E-state index in [-0.39, 0.29) is 0 Å². The lowest BCUT2D eigenvalue weighted by molar-refractivity contribution is 0.519. The van der Waals surface area contributed by atoms with E-state index in [1.807, 2.05) is 31.3 Å². The molecular formula is C14H14ClNS3. The Morgan fingerprint density at radius 3 is 2.68 bits per heavy atom. The van der Waals surface area contributed by atoms with Gasteiger partial charge in [-0.05, 0) is 29.1 Å². The minimum absolute atomic E-state index is 0.765. The van der Waals surface area contributed by atoms with Gasteiger partial charge in [-0.3, -0.25) is 0 Å². The van der Waals surface area contributed by atoms with Gasteiger partial charge in [0.25, 0.3) is 0 Å². The molecule has 0 radical (unpaired) electrons. The van der Waals surface area contributed by atoms with E-state index < -0.39 is 0 Å². The van der Waals surface area contributed by atoms with Crippen LogP contribution in [0.5, 0.6) is 0 Å². The summed E-state index contributed by atoms with van der Waals surface area (Å²) in [4.78, 5) is 3.45. The fourth-order valence-corrected chi connectivity index (χ4v) is 3.52. The Bertz CT molecular complexity index is 522. The molecule has 0 saturated carbocycles. The highest BCUT2D eigenvalue weighted by atomic mass is 35.5. The molecule has 2 aromatic rings. The first-order chi connectivity index (χ1) is 9.15. The first kappa shape index (κ1) is 14.9. The summed E-state index contributed by atoms with van der Waals surface area (Å²) in [5.41, 5.74) is 1.21. The van der Waals surface area contributed by atoms with Crippen LogP contribution in [0.2, 0.25) is 5.02 Å². The van der Waals surface area contributed by atoms with Crippen LogP contribution in [-0.4, -0.2) is 16.3 Å². The Hall–Kier alpha value is -0.550. The van der Waals surface area contributed by atoms with E-state index >= 15 is 0 Å². The molecule has 1 heterocycles. The molecule has 0 fully saturated rings. The van der Waals surface area contributed by atoms with Crippen LogP contribution in [0.15, 0.2) is 41.8 Å². The molecule has 0 N–H and O–H groups in total. The SMILES string of the molecule is CN(Cc1ccc(Cl)cc1)C(=S)SCc1cccs1. The van der Waals surface area contributed by atoms with Crippen LogP contribution in [0.1, 0.15) is 10.4 Å². The van der Waals surface area contributed by atoms with Crippen molar-refractivity contribution < 1.29 is 0 Å². The number of benzene rings is 1. The second-order valence-corrected chi connectivity index (χ2v) is 7.19. The van der Waals surface area contributed by atoms with Crippen molar-refractivity contribution in [3.05, 3.63) is 57.2 Å². The summed E-state index contributed by atoms with van der Waals surface area (Å²) in [6, 6.07) is 12.1. The van der Waals surface area contributed by atoms with Gasteiger partial charge in [0.2, 0.25) is 0 Å². The molecule has 0 spiro atoms. The number of thiophene rings is 1. The Morgan fingerprint density at radius 1 is 1.32 bits per heavy atom. The molecule has 1 nitrogen and oxygen atoms in total. The van der Waals surface area contributed by atoms with Crippen molar-refractivity contribution in [2.75, 3.05) is 7.05 Å². The van der Waals surface area contributed by atoms with Gasteiger partial charge in [0.05, 0.1) is 0 Å². The van der Waals surface area contributed by atoms with E-state index in [9.17, 15) is 0 Å². The summed E-state index contributed by atoms with van der Waals surface area (Å²) in [6.07, 6.45) is 0. The predicted molar refractivity (Wildman–Crippen MR) is 91.1 cm³/mol. The van der Waals surface area contributed by atoms with Crippen molar-refractivity contribution in [3.8, 4) is 0 Å². The number of hydrogen-bond acceptors (Lipinski definition) is 3. The molecule has 1 aromatic carbocycles. The maximum absolute atomic E-state index is 5.88. The molecular weight excluding hydrogens is 314 g/mol. The Labute approximate surface area is 132 Å². The lowest BCUT2D eigenvalue weighted by atomic mass is 10.2. The van der Waals surface area contributed by atoms with Crippen molar-refractivity contribution in [2.24, 2.45) is 0 Å². The molecule has 0 aliphatic heterocycles. The minimum Gasteiger partial charge on any atom is -0.356 e. The molecule has 0 amide bonds. The second kappa shape index (κ2) is 7.29. The molecule has 5 heteroatoms. The van der Waals surface area contributed by atoms with Crippen molar-refractivity contribution in [1.29, 1.82) is 0 Å². The molecule has 0 unspecified atom stereocenters. The van der Waals surface area contributed by atoms with E-state index in [0.717, 1.165) is 21.6 Å². The van der Waals surface area contributed by atoms with E-state index in [0.29, 0.717) is 0 Å². The quantitative estimate of drug-likeness (QED) is 0.723. The average Bonchev–Trinajstić information content (AvgIpc) is 2.91. The van der Waals surface area contributed by atoms with E-state index in [4.69, 9.17) is 23.8 Å². The monoisotopic (exact) mass is 327 g/mol. The van der Waals surface area contributed by atoms with Gasteiger partial charge in [-0.2, -0.15) is 0 Å². The van der Waals surface area contributed by atoms with Crippen molar-refractivity contribution >= 4 is 51.2 Å². The van der Waals surface area contributed by atoms with Crippen LogP contribution >= 0.6 is 46.9 Å². The summed E-state index contributed by atoms with van der Waals surface area (Å²) < 4.78 is 0.920. The van der Waals surface area contributed by atoms with Gasteiger partial charge in [-0.1, -0.05) is 53.8 Å². The molecule has 2 rings (SSSR count). The number of thiocarbonyl (C=S) groups is 1. The van der Waals surface area contributed by atoms with Crippen molar-refractivity contribution in [2.45, 2.75) is 12.3 Å². The molecule has 100 valence electrons. The van der Waals surface area contributed by atoms with Gasteiger partial charge in [-0.25, -0.2) is 0 Å². The molecule has 0 aliphatic carbocycles. The van der Waals surface area contributed by atoms with Crippen LogP contribution in [-0.2, 0) is 12.3 Å². The zero-order valence-electron chi connectivity index (χ0n) is 10.5. The zero-order valence-corrected chi connectivity index (χ0v) is 13.7. The summed E-state index contributed by atoms with van der Waals surface area (Å²) in [6.45, 7) is 0.813. The highest BCUT2D eigenvalue weighted by Crippen LogP contribution is 2.20. The molecule has 0 bridgehead atoms. The Morgan fingerprint density at radius 2 is 2.05 bits per heavy atom. The fourth-order valence-electron chi connectivity index (χ4n) is 1.57. The molecule has 0 atom stereocenters. The normalized spacial score (nSPS) is 10.4. The van der Waals surface area contributed by atoms with E-state index in [1.54, 1.807) is 23.1 Å². The first-order valence-corrected chi connectivity index (χ1v) is 8.45. The zero-order chi connectivity index (χ0) is 13.7. The standard InChI is InChI=1S/C14H14ClNS3/c1-16(9-11-4-6-12(15)7-5-11)14(17)19-10-13-3-2-8-18-13/h2-8H,9-10H2,1H3. The third-order valence-corrected chi connectivity index (χ3v) is 5.55. The van der Waals surface area contributed by atoms with Gasteiger partial charge < -0.3 is 4.90 Å². The summed E-state index contributed by atoms with van der Waals surface area (Å²) in [5.74, 6) is 0.946. The van der Waals surface area contributed by atoms with Gasteiger partial charge in [0.15, 0.2) is 0 Å². The van der Waals surface area contributed by atoms with Crippen LogP contribution in [0.4, 0.5) is 0 Å². The van der Waals surface area contributed by atoms with Crippen LogP contribution in [0.3, 0.4) is 0 Å². The number of nitrogens with zero attached hydrogens (tertiary/aromatic N) is 1. The summed E-state index contributed by atoms with van der Waals surface area (Å²) >= 11 is 14.8. The smallest absolute Gasteiger partial charge is 0.136 e. The second-order valence-electron chi connectivity index (χ2n) is 4.12. The van der Waals surface area contributed by atoms with Gasteiger partial charge in [0.1, 0.15) is 4.32 Å². The molecule has 0 saturated heterocycles. The lowest BCUT2D eigenvalue weighted by Gasteiger charge is -2.19. The van der Waals surface area contributed by atoms with Crippen molar-refractivity contribution in [1.82, 2.24) is 4.90 Å². The summed E-state index contributed by atoms with van der Waals surface area (Å²) in [5, 5.41) is 2.86. The van der Waals surface area contributed by atoms with Crippen LogP contribution in [0, 0.1) is 0 Å². The lowest BCUT2D eigenvalue weighted by Crippen LogP contribution is -2.21. The predicted octanol–water partition coefficient (Wildman–Crippen LogP) is 5.05. The highest BCUT2D eigenvalue weighted by Gasteiger charge is 2.07.